The number of rotatable bonds is 8. The number of Topliss-reactive ketones (excluding diaryl/α,β-unsaturated/α-hetero) is 1. The number of esters is 1. The largest absolute Gasteiger partial charge is 0.466 e. The molecule has 152 valence electrons. The maximum Gasteiger partial charge on any atom is 0.305 e. The third-order valence-corrected chi connectivity index (χ3v) is 5.71. The third kappa shape index (κ3) is 4.48. The second-order valence-corrected chi connectivity index (χ2v) is 8.90. The van der Waals surface area contributed by atoms with Gasteiger partial charge in [-0.05, 0) is 50.7 Å². The van der Waals surface area contributed by atoms with Crippen LogP contribution in [0, 0.1) is 12.3 Å². The number of ketones is 1. The molecule has 0 N–H and O–H groups in total. The molecule has 4 nitrogen and oxygen atoms in total. The van der Waals surface area contributed by atoms with Crippen LogP contribution in [0.4, 0.5) is 0 Å². The van der Waals surface area contributed by atoms with E-state index < -0.39 is 0 Å². The summed E-state index contributed by atoms with van der Waals surface area (Å²) in [6.45, 7) is 9.70. The minimum atomic E-state index is -0.0934. The van der Waals surface area contributed by atoms with E-state index >= 15 is 0 Å². The highest BCUT2D eigenvalue weighted by molar-refractivity contribution is 6.10. The molecule has 28 heavy (non-hydrogen) atoms. The van der Waals surface area contributed by atoms with Crippen molar-refractivity contribution in [1.29, 1.82) is 0 Å². The van der Waals surface area contributed by atoms with Gasteiger partial charge in [0, 0.05) is 41.5 Å². The van der Waals surface area contributed by atoms with Crippen molar-refractivity contribution >= 4 is 22.7 Å². The van der Waals surface area contributed by atoms with Crippen LogP contribution in [0.2, 0.25) is 0 Å². The molecule has 0 aliphatic heterocycles. The number of hydrogen-bond donors (Lipinski definition) is 0. The van der Waals surface area contributed by atoms with Crippen LogP contribution in [0.5, 0.6) is 0 Å². The molecule has 0 spiro atoms. The molecule has 0 atom stereocenters. The van der Waals surface area contributed by atoms with Gasteiger partial charge in [-0.1, -0.05) is 38.3 Å². The SMILES string of the molecule is CCOC(=O)CCCCCCn1c2c(c3cc(C)ccc31)C(=O)CC(C)(C)C2. The summed E-state index contributed by atoms with van der Waals surface area (Å²) in [6.07, 6.45) is 6.14. The van der Waals surface area contributed by atoms with Crippen molar-refractivity contribution in [3.05, 3.63) is 35.0 Å². The van der Waals surface area contributed by atoms with E-state index in [0.29, 0.717) is 19.4 Å². The second kappa shape index (κ2) is 8.50. The van der Waals surface area contributed by atoms with E-state index in [0.717, 1.165) is 49.6 Å². The fourth-order valence-electron chi connectivity index (χ4n) is 4.44. The zero-order valence-electron chi connectivity index (χ0n) is 17.8. The maximum atomic E-state index is 12.9. The number of ether oxygens (including phenoxy) is 1. The average Bonchev–Trinajstić information content (AvgIpc) is 2.89. The first-order valence-corrected chi connectivity index (χ1v) is 10.6. The van der Waals surface area contributed by atoms with Gasteiger partial charge < -0.3 is 9.30 Å². The number of fused-ring (bicyclic) bond motifs is 3. The van der Waals surface area contributed by atoms with Crippen LogP contribution in [0.25, 0.3) is 10.9 Å². The van der Waals surface area contributed by atoms with Gasteiger partial charge in [0.2, 0.25) is 0 Å². The fourth-order valence-corrected chi connectivity index (χ4v) is 4.44. The van der Waals surface area contributed by atoms with Crippen LogP contribution < -0.4 is 0 Å². The molecule has 1 aromatic carbocycles. The van der Waals surface area contributed by atoms with Crippen LogP contribution in [0.15, 0.2) is 18.2 Å². The normalized spacial score (nSPS) is 15.6. The topological polar surface area (TPSA) is 48.3 Å². The van der Waals surface area contributed by atoms with Crippen LogP contribution in [0.3, 0.4) is 0 Å². The highest BCUT2D eigenvalue weighted by Crippen LogP contribution is 2.40. The Morgan fingerprint density at radius 1 is 1.14 bits per heavy atom. The highest BCUT2D eigenvalue weighted by atomic mass is 16.5. The Labute approximate surface area is 168 Å². The molecule has 0 fully saturated rings. The Hall–Kier alpha value is -2.10. The summed E-state index contributed by atoms with van der Waals surface area (Å²) in [4.78, 5) is 24.3. The van der Waals surface area contributed by atoms with Gasteiger partial charge in [-0.15, -0.1) is 0 Å². The Morgan fingerprint density at radius 2 is 1.89 bits per heavy atom. The summed E-state index contributed by atoms with van der Waals surface area (Å²) in [5.74, 6) is 0.194. The summed E-state index contributed by atoms with van der Waals surface area (Å²) >= 11 is 0. The van der Waals surface area contributed by atoms with Gasteiger partial charge in [0.25, 0.3) is 0 Å². The number of aryl methyl sites for hydroxylation is 2. The quantitative estimate of drug-likeness (QED) is 0.439. The van der Waals surface area contributed by atoms with Crippen LogP contribution in [0.1, 0.15) is 80.9 Å². The summed E-state index contributed by atoms with van der Waals surface area (Å²) in [5, 5.41) is 1.12. The Balaban J connectivity index is 1.73. The molecule has 2 aromatic rings. The number of benzene rings is 1. The van der Waals surface area contributed by atoms with E-state index in [2.05, 4.69) is 43.5 Å². The second-order valence-electron chi connectivity index (χ2n) is 8.90. The van der Waals surface area contributed by atoms with Crippen molar-refractivity contribution in [2.75, 3.05) is 6.61 Å². The number of carbonyl (C=O) groups excluding carboxylic acids is 2. The standard InChI is InChI=1S/C24H33NO3/c1-5-28-22(27)10-8-6-7-9-13-25-19-12-11-17(2)14-18(19)23-20(25)15-24(3,4)16-21(23)26/h11-12,14H,5-10,13,15-16H2,1-4H3. The minimum Gasteiger partial charge on any atom is -0.466 e. The summed E-state index contributed by atoms with van der Waals surface area (Å²) in [6, 6.07) is 6.48. The van der Waals surface area contributed by atoms with Gasteiger partial charge >= 0.3 is 5.97 Å². The maximum absolute atomic E-state index is 12.9. The van der Waals surface area contributed by atoms with E-state index in [1.54, 1.807) is 0 Å². The first kappa shape index (κ1) is 20.6. The third-order valence-electron chi connectivity index (χ3n) is 5.71. The van der Waals surface area contributed by atoms with Gasteiger partial charge in [-0.3, -0.25) is 9.59 Å². The van der Waals surface area contributed by atoms with E-state index in [1.807, 2.05) is 6.92 Å². The summed E-state index contributed by atoms with van der Waals surface area (Å²) < 4.78 is 7.37. The smallest absolute Gasteiger partial charge is 0.305 e. The van der Waals surface area contributed by atoms with Crippen molar-refractivity contribution in [3.63, 3.8) is 0 Å². The predicted molar refractivity (Wildman–Crippen MR) is 113 cm³/mol. The molecule has 0 bridgehead atoms. The molecular formula is C24H33NO3. The van der Waals surface area contributed by atoms with Gasteiger partial charge in [-0.2, -0.15) is 0 Å². The molecule has 0 unspecified atom stereocenters. The molecule has 1 aliphatic carbocycles. The molecule has 0 saturated carbocycles. The van der Waals surface area contributed by atoms with Crippen molar-refractivity contribution < 1.29 is 14.3 Å². The first-order valence-electron chi connectivity index (χ1n) is 10.6. The molecule has 3 rings (SSSR count). The number of carbonyl (C=O) groups is 2. The van der Waals surface area contributed by atoms with Gasteiger partial charge in [0.1, 0.15) is 0 Å². The first-order chi connectivity index (χ1) is 13.3. The average molecular weight is 384 g/mol. The molecular weight excluding hydrogens is 350 g/mol. The van der Waals surface area contributed by atoms with Gasteiger partial charge in [0.05, 0.1) is 6.61 Å². The lowest BCUT2D eigenvalue weighted by Crippen LogP contribution is -2.28. The zero-order chi connectivity index (χ0) is 20.3. The van der Waals surface area contributed by atoms with Crippen LogP contribution in [-0.4, -0.2) is 22.9 Å². The van der Waals surface area contributed by atoms with Crippen LogP contribution in [-0.2, 0) is 22.5 Å². The molecule has 1 heterocycles. The minimum absolute atomic E-state index is 0.0187. The Kier molecular flexibility index (Phi) is 6.26. The lowest BCUT2D eigenvalue weighted by Gasteiger charge is -2.29. The lowest BCUT2D eigenvalue weighted by atomic mass is 9.75. The van der Waals surface area contributed by atoms with Crippen molar-refractivity contribution in [3.8, 4) is 0 Å². The lowest BCUT2D eigenvalue weighted by molar-refractivity contribution is -0.143. The van der Waals surface area contributed by atoms with E-state index in [1.165, 1.54) is 16.8 Å². The van der Waals surface area contributed by atoms with Crippen molar-refractivity contribution in [2.24, 2.45) is 5.41 Å². The van der Waals surface area contributed by atoms with E-state index in [4.69, 9.17) is 4.74 Å². The Morgan fingerprint density at radius 3 is 2.64 bits per heavy atom. The fraction of sp³-hybridized carbons (Fsp3) is 0.583. The molecule has 0 radical (unpaired) electrons. The molecule has 0 saturated heterocycles. The molecule has 1 aromatic heterocycles. The predicted octanol–water partition coefficient (Wildman–Crippen LogP) is 5.62. The van der Waals surface area contributed by atoms with E-state index in [9.17, 15) is 9.59 Å². The number of hydrogen-bond acceptors (Lipinski definition) is 3. The van der Waals surface area contributed by atoms with Crippen molar-refractivity contribution in [2.45, 2.75) is 79.2 Å². The summed E-state index contributed by atoms with van der Waals surface area (Å²) in [5.41, 5.74) is 4.58. The number of unbranched alkanes of at least 4 members (excludes halogenated alkanes) is 3. The van der Waals surface area contributed by atoms with Crippen molar-refractivity contribution in [1.82, 2.24) is 4.57 Å². The molecule has 4 heteroatoms. The monoisotopic (exact) mass is 383 g/mol. The van der Waals surface area contributed by atoms with Crippen LogP contribution >= 0.6 is 0 Å². The van der Waals surface area contributed by atoms with Gasteiger partial charge in [-0.25, -0.2) is 0 Å². The summed E-state index contributed by atoms with van der Waals surface area (Å²) in [7, 11) is 0. The molecule has 0 amide bonds. The van der Waals surface area contributed by atoms with Gasteiger partial charge in [0.15, 0.2) is 5.78 Å². The Bertz CT molecular complexity index is 876. The number of aromatic nitrogens is 1. The highest BCUT2D eigenvalue weighted by Gasteiger charge is 2.35. The van der Waals surface area contributed by atoms with E-state index in [-0.39, 0.29) is 17.2 Å². The zero-order valence-corrected chi connectivity index (χ0v) is 17.8. The number of nitrogens with zero attached hydrogens (tertiary/aromatic N) is 1. The molecule has 1 aliphatic rings.